The lowest BCUT2D eigenvalue weighted by Gasteiger charge is -2.51. The summed E-state index contributed by atoms with van der Waals surface area (Å²) in [5, 5.41) is -1.46. The fraction of sp³-hybridized carbons (Fsp3) is 0.529. The summed E-state index contributed by atoms with van der Waals surface area (Å²) in [5.74, 6) is -5.44. The molecule has 2 aliphatic rings. The van der Waals surface area contributed by atoms with Crippen molar-refractivity contribution in [2.75, 3.05) is 13.2 Å². The number of hydrogen-bond donors (Lipinski definition) is 0. The molecular weight excluding hydrogens is 749 g/mol. The van der Waals surface area contributed by atoms with Gasteiger partial charge in [0.05, 0.1) is 43.3 Å². The average Bonchev–Trinajstić information content (AvgIpc) is 2.98. The van der Waals surface area contributed by atoms with E-state index >= 15 is 0 Å². The predicted octanol–water partition coefficient (Wildman–Crippen LogP) is 10.6. The Morgan fingerprint density at radius 1 is 0.625 bits per heavy atom. The third-order valence-corrected chi connectivity index (χ3v) is 11.8. The number of rotatable bonds is 10. The number of hydrogen-bond acceptors (Lipinski definition) is 8. The Morgan fingerprint density at radius 2 is 0.958 bits per heavy atom. The van der Waals surface area contributed by atoms with Gasteiger partial charge in [-0.05, 0) is 59.5 Å². The van der Waals surface area contributed by atoms with Gasteiger partial charge in [0.1, 0.15) is 11.1 Å². The summed E-state index contributed by atoms with van der Waals surface area (Å²) in [4.78, 5) is 52.6. The van der Waals surface area contributed by atoms with E-state index in [2.05, 4.69) is 41.5 Å². The average molecular weight is 785 g/mol. The van der Waals surface area contributed by atoms with Crippen molar-refractivity contribution >= 4 is 93.5 Å². The highest BCUT2D eigenvalue weighted by atomic mass is 35.5. The number of carbonyl (C=O) groups excluding carboxylic acids is 4. The van der Waals surface area contributed by atoms with Crippen molar-refractivity contribution in [1.29, 1.82) is 0 Å². The Hall–Kier alpha value is -1.94. The molecular formula is C34H36Cl6O8. The van der Waals surface area contributed by atoms with Crippen LogP contribution in [-0.4, -0.2) is 37.1 Å². The molecule has 0 spiro atoms. The van der Waals surface area contributed by atoms with Crippen LogP contribution in [0.3, 0.4) is 0 Å². The molecule has 2 saturated carbocycles. The first-order chi connectivity index (χ1) is 22.3. The van der Waals surface area contributed by atoms with Crippen LogP contribution in [0, 0.1) is 34.5 Å². The van der Waals surface area contributed by atoms with Gasteiger partial charge < -0.3 is 18.9 Å². The SMILES string of the molecule is CCC1C(COC(=O)c2c(Cl)c(Cl)cc(Cl)c2OC(=O)C(=O)Oc2c(Cl)cc(Cl)c(Cl)c2C(=O)OCC2CC(C)(C)C2CC)CC1(C)C. The van der Waals surface area contributed by atoms with Crippen molar-refractivity contribution in [2.24, 2.45) is 34.5 Å². The van der Waals surface area contributed by atoms with E-state index in [-0.39, 0.29) is 66.0 Å². The van der Waals surface area contributed by atoms with Gasteiger partial charge in [0.15, 0.2) is 11.5 Å². The van der Waals surface area contributed by atoms with Crippen molar-refractivity contribution in [3.8, 4) is 11.5 Å². The number of carbonyl (C=O) groups is 4. The van der Waals surface area contributed by atoms with Crippen LogP contribution in [0.15, 0.2) is 12.1 Å². The van der Waals surface area contributed by atoms with E-state index in [0.717, 1.165) is 37.8 Å². The lowest BCUT2D eigenvalue weighted by atomic mass is 9.55. The van der Waals surface area contributed by atoms with E-state index < -0.39 is 46.5 Å². The molecule has 48 heavy (non-hydrogen) atoms. The van der Waals surface area contributed by atoms with Gasteiger partial charge in [-0.3, -0.25) is 0 Å². The number of halogens is 6. The maximum atomic E-state index is 13.3. The van der Waals surface area contributed by atoms with Gasteiger partial charge in [-0.2, -0.15) is 0 Å². The number of ether oxygens (including phenoxy) is 4. The third kappa shape index (κ3) is 7.84. The maximum absolute atomic E-state index is 13.3. The molecule has 0 amide bonds. The maximum Gasteiger partial charge on any atom is 0.423 e. The zero-order valence-corrected chi connectivity index (χ0v) is 31.8. The second-order valence-corrected chi connectivity index (χ2v) is 16.0. The van der Waals surface area contributed by atoms with E-state index in [9.17, 15) is 19.2 Å². The molecule has 2 fully saturated rings. The summed E-state index contributed by atoms with van der Waals surface area (Å²) in [6.45, 7) is 12.9. The van der Waals surface area contributed by atoms with Gasteiger partial charge >= 0.3 is 23.9 Å². The fourth-order valence-corrected chi connectivity index (χ4v) is 8.95. The molecule has 8 nitrogen and oxygen atoms in total. The fourth-order valence-electron chi connectivity index (χ4n) is 7.52. The molecule has 0 heterocycles. The van der Waals surface area contributed by atoms with Crippen molar-refractivity contribution < 1.29 is 38.1 Å². The Bertz CT molecular complexity index is 1520. The summed E-state index contributed by atoms with van der Waals surface area (Å²) in [5.41, 5.74) is -0.681. The standard InChI is InChI=1S/C34H36Cl6O8/c1-7-17-15(11-33(17,3)4)13-45-29(41)23-25(39)19(35)9-21(37)27(23)47-31(43)32(44)48-28-22(38)10-20(36)26(40)24(28)30(42)46-14-16-12-34(5,6)18(16)8-2/h9-10,15-18H,7-8,11-14H2,1-6H3. The number of esters is 4. The molecule has 0 aromatic heterocycles. The van der Waals surface area contributed by atoms with Crippen molar-refractivity contribution in [2.45, 2.75) is 67.2 Å². The normalized spacial score (nSPS) is 22.2. The summed E-state index contributed by atoms with van der Waals surface area (Å²) >= 11 is 37.6. The second-order valence-electron chi connectivity index (χ2n) is 13.6. The van der Waals surface area contributed by atoms with Crippen molar-refractivity contribution in [1.82, 2.24) is 0 Å². The first-order valence-corrected chi connectivity index (χ1v) is 17.7. The van der Waals surface area contributed by atoms with Gasteiger partial charge in [0.25, 0.3) is 0 Å². The first kappa shape index (κ1) is 38.9. The van der Waals surface area contributed by atoms with Gasteiger partial charge in [0, 0.05) is 0 Å². The summed E-state index contributed by atoms with van der Waals surface area (Å²) in [6.07, 6.45) is 3.51. The van der Waals surface area contributed by atoms with Gasteiger partial charge in [-0.15, -0.1) is 0 Å². The summed E-state index contributed by atoms with van der Waals surface area (Å²) in [6, 6.07) is 2.27. The van der Waals surface area contributed by atoms with Crippen LogP contribution in [0.2, 0.25) is 30.1 Å². The molecule has 2 aromatic carbocycles. The van der Waals surface area contributed by atoms with E-state index in [1.54, 1.807) is 0 Å². The van der Waals surface area contributed by atoms with Gasteiger partial charge in [-0.1, -0.05) is 124 Å². The zero-order valence-electron chi connectivity index (χ0n) is 27.2. The summed E-state index contributed by atoms with van der Waals surface area (Å²) < 4.78 is 21.5. The molecule has 14 heteroatoms. The van der Waals surface area contributed by atoms with Crippen LogP contribution in [0.1, 0.15) is 87.9 Å². The molecule has 2 aliphatic carbocycles. The highest BCUT2D eigenvalue weighted by molar-refractivity contribution is 6.47. The lowest BCUT2D eigenvalue weighted by Crippen LogP contribution is -2.45. The molecule has 0 bridgehead atoms. The summed E-state index contributed by atoms with van der Waals surface area (Å²) in [7, 11) is 0. The highest BCUT2D eigenvalue weighted by Gasteiger charge is 2.47. The quantitative estimate of drug-likeness (QED) is 0.101. The van der Waals surface area contributed by atoms with E-state index in [4.69, 9.17) is 88.6 Å². The molecule has 4 rings (SSSR count). The Balaban J connectivity index is 1.53. The third-order valence-electron chi connectivity index (χ3n) is 9.68. The Morgan fingerprint density at radius 3 is 1.25 bits per heavy atom. The molecule has 0 N–H and O–H groups in total. The second kappa shape index (κ2) is 15.1. The molecule has 2 aromatic rings. The molecule has 4 unspecified atom stereocenters. The van der Waals surface area contributed by atoms with Gasteiger partial charge in [-0.25, -0.2) is 19.2 Å². The van der Waals surface area contributed by atoms with Crippen LogP contribution in [0.25, 0.3) is 0 Å². The van der Waals surface area contributed by atoms with Crippen LogP contribution in [0.4, 0.5) is 0 Å². The van der Waals surface area contributed by atoms with Gasteiger partial charge in [0.2, 0.25) is 0 Å². The molecule has 4 atom stereocenters. The number of benzene rings is 2. The smallest absolute Gasteiger partial charge is 0.423 e. The minimum absolute atomic E-state index is 0.0863. The van der Waals surface area contributed by atoms with Crippen molar-refractivity contribution in [3.05, 3.63) is 53.4 Å². The van der Waals surface area contributed by atoms with Crippen molar-refractivity contribution in [3.63, 3.8) is 0 Å². The Kier molecular flexibility index (Phi) is 12.2. The van der Waals surface area contributed by atoms with E-state index in [1.165, 1.54) is 0 Å². The Labute approximate surface area is 309 Å². The molecule has 0 radical (unpaired) electrons. The van der Waals surface area contributed by atoms with Crippen LogP contribution in [0.5, 0.6) is 11.5 Å². The molecule has 262 valence electrons. The topological polar surface area (TPSA) is 105 Å². The van der Waals surface area contributed by atoms with Crippen LogP contribution in [-0.2, 0) is 19.1 Å². The van der Waals surface area contributed by atoms with E-state index in [0.29, 0.717) is 11.8 Å². The largest absolute Gasteiger partial charge is 0.462 e. The monoisotopic (exact) mass is 782 g/mol. The minimum atomic E-state index is -1.64. The molecule has 0 aliphatic heterocycles. The zero-order chi connectivity index (χ0) is 35.9. The molecule has 0 saturated heterocycles. The first-order valence-electron chi connectivity index (χ1n) is 15.5. The highest BCUT2D eigenvalue weighted by Crippen LogP contribution is 2.53. The van der Waals surface area contributed by atoms with Crippen LogP contribution < -0.4 is 9.47 Å². The minimum Gasteiger partial charge on any atom is -0.462 e. The van der Waals surface area contributed by atoms with Crippen LogP contribution >= 0.6 is 69.6 Å². The lowest BCUT2D eigenvalue weighted by molar-refractivity contribution is -0.156. The van der Waals surface area contributed by atoms with E-state index in [1.807, 2.05) is 0 Å². The predicted molar refractivity (Wildman–Crippen MR) is 186 cm³/mol.